The van der Waals surface area contributed by atoms with Crippen LogP contribution in [0.1, 0.15) is 65.2 Å². The van der Waals surface area contributed by atoms with Crippen molar-refractivity contribution in [3.63, 3.8) is 0 Å². The van der Waals surface area contributed by atoms with E-state index in [1.165, 1.54) is 25.7 Å². The standard InChI is InChI=1S/C16H32N2O2/c1-3-5-7-11-18(12-8-6-4-2)16(19)15-10-9-14(13-17)20-15/h14-15H,3-13,17H2,1-2H3. The molecule has 4 nitrogen and oxygen atoms in total. The molecule has 2 unspecified atom stereocenters. The smallest absolute Gasteiger partial charge is 0.251 e. The second kappa shape index (κ2) is 10.2. The van der Waals surface area contributed by atoms with Gasteiger partial charge in [0, 0.05) is 19.6 Å². The number of unbranched alkanes of at least 4 members (excludes halogenated alkanes) is 4. The fraction of sp³-hybridized carbons (Fsp3) is 0.938. The minimum atomic E-state index is -0.244. The van der Waals surface area contributed by atoms with E-state index in [4.69, 9.17) is 10.5 Å². The maximum atomic E-state index is 12.6. The summed E-state index contributed by atoms with van der Waals surface area (Å²) in [6.07, 6.45) is 8.54. The highest BCUT2D eigenvalue weighted by Crippen LogP contribution is 2.21. The fourth-order valence-corrected chi connectivity index (χ4v) is 2.70. The lowest BCUT2D eigenvalue weighted by molar-refractivity contribution is -0.143. The van der Waals surface area contributed by atoms with Crippen molar-refractivity contribution in [2.24, 2.45) is 5.73 Å². The molecule has 0 spiro atoms. The maximum Gasteiger partial charge on any atom is 0.251 e. The second-order valence-corrected chi connectivity index (χ2v) is 5.80. The van der Waals surface area contributed by atoms with E-state index in [1.807, 2.05) is 4.90 Å². The quantitative estimate of drug-likeness (QED) is 0.628. The number of hydrogen-bond acceptors (Lipinski definition) is 3. The average molecular weight is 284 g/mol. The van der Waals surface area contributed by atoms with Crippen molar-refractivity contribution in [2.75, 3.05) is 19.6 Å². The van der Waals surface area contributed by atoms with Crippen molar-refractivity contribution >= 4 is 5.91 Å². The number of hydrogen-bond donors (Lipinski definition) is 1. The number of amides is 1. The average Bonchev–Trinajstić information content (AvgIpc) is 2.94. The highest BCUT2D eigenvalue weighted by atomic mass is 16.5. The van der Waals surface area contributed by atoms with Gasteiger partial charge in [0.15, 0.2) is 0 Å². The molecule has 0 saturated carbocycles. The molecule has 1 fully saturated rings. The molecule has 20 heavy (non-hydrogen) atoms. The summed E-state index contributed by atoms with van der Waals surface area (Å²) in [5.74, 6) is 0.188. The summed E-state index contributed by atoms with van der Waals surface area (Å²) in [7, 11) is 0. The lowest BCUT2D eigenvalue weighted by atomic mass is 10.1. The van der Waals surface area contributed by atoms with Gasteiger partial charge in [0.1, 0.15) is 6.10 Å². The molecule has 0 aromatic rings. The van der Waals surface area contributed by atoms with Crippen LogP contribution in [0.4, 0.5) is 0 Å². The molecule has 1 amide bonds. The van der Waals surface area contributed by atoms with E-state index in [9.17, 15) is 4.79 Å². The molecule has 0 bridgehead atoms. The molecule has 1 saturated heterocycles. The van der Waals surface area contributed by atoms with Crippen molar-refractivity contribution in [3.05, 3.63) is 0 Å². The van der Waals surface area contributed by atoms with Gasteiger partial charge in [-0.05, 0) is 25.7 Å². The molecule has 1 rings (SSSR count). The number of carbonyl (C=O) groups excluding carboxylic acids is 1. The monoisotopic (exact) mass is 284 g/mol. The number of rotatable bonds is 10. The van der Waals surface area contributed by atoms with Crippen LogP contribution in [-0.2, 0) is 9.53 Å². The molecule has 2 N–H and O–H groups in total. The molecule has 1 aliphatic rings. The molecule has 0 aromatic carbocycles. The zero-order valence-electron chi connectivity index (χ0n) is 13.3. The molecule has 0 aliphatic carbocycles. The van der Waals surface area contributed by atoms with Crippen LogP contribution >= 0.6 is 0 Å². The summed E-state index contributed by atoms with van der Waals surface area (Å²) in [6, 6.07) is 0. The maximum absolute atomic E-state index is 12.6. The zero-order valence-corrected chi connectivity index (χ0v) is 13.3. The summed E-state index contributed by atoms with van der Waals surface area (Å²) < 4.78 is 5.75. The van der Waals surface area contributed by atoms with Crippen LogP contribution in [0.2, 0.25) is 0 Å². The van der Waals surface area contributed by atoms with E-state index in [1.54, 1.807) is 0 Å². The van der Waals surface area contributed by atoms with Gasteiger partial charge in [-0.3, -0.25) is 4.79 Å². The number of carbonyl (C=O) groups is 1. The van der Waals surface area contributed by atoms with Gasteiger partial charge >= 0.3 is 0 Å². The third-order valence-corrected chi connectivity index (χ3v) is 4.02. The minimum absolute atomic E-state index is 0.0806. The Kier molecular flexibility index (Phi) is 8.86. The van der Waals surface area contributed by atoms with Crippen LogP contribution in [0.25, 0.3) is 0 Å². The van der Waals surface area contributed by atoms with Crippen LogP contribution in [-0.4, -0.2) is 42.6 Å². The first-order valence-corrected chi connectivity index (χ1v) is 8.37. The summed E-state index contributed by atoms with van der Waals surface area (Å²) >= 11 is 0. The molecular formula is C16H32N2O2. The van der Waals surface area contributed by atoms with Crippen molar-refractivity contribution < 1.29 is 9.53 Å². The first kappa shape index (κ1) is 17.4. The third-order valence-electron chi connectivity index (χ3n) is 4.02. The van der Waals surface area contributed by atoms with Gasteiger partial charge in [0.2, 0.25) is 0 Å². The van der Waals surface area contributed by atoms with Crippen molar-refractivity contribution in [1.29, 1.82) is 0 Å². The van der Waals surface area contributed by atoms with E-state index in [0.717, 1.165) is 38.8 Å². The Hall–Kier alpha value is -0.610. The fourth-order valence-electron chi connectivity index (χ4n) is 2.70. The zero-order chi connectivity index (χ0) is 14.8. The lowest BCUT2D eigenvalue weighted by Crippen LogP contribution is -2.40. The van der Waals surface area contributed by atoms with Gasteiger partial charge < -0.3 is 15.4 Å². The van der Waals surface area contributed by atoms with Gasteiger partial charge in [-0.15, -0.1) is 0 Å². The predicted octanol–water partition coefficient (Wildman–Crippen LogP) is 2.70. The van der Waals surface area contributed by atoms with Crippen LogP contribution in [0, 0.1) is 0 Å². The van der Waals surface area contributed by atoms with E-state index in [2.05, 4.69) is 13.8 Å². The Morgan fingerprint density at radius 1 is 1.10 bits per heavy atom. The summed E-state index contributed by atoms with van der Waals surface area (Å²) in [4.78, 5) is 14.6. The van der Waals surface area contributed by atoms with Gasteiger partial charge in [0.05, 0.1) is 6.10 Å². The Morgan fingerprint density at radius 3 is 2.15 bits per heavy atom. The topological polar surface area (TPSA) is 55.6 Å². The summed E-state index contributed by atoms with van der Waals surface area (Å²) in [5.41, 5.74) is 5.62. The molecular weight excluding hydrogens is 252 g/mol. The molecule has 1 heterocycles. The largest absolute Gasteiger partial charge is 0.364 e. The Balaban J connectivity index is 2.45. The van der Waals surface area contributed by atoms with Crippen LogP contribution in [0.5, 0.6) is 0 Å². The first-order chi connectivity index (χ1) is 9.72. The Labute approximate surface area is 124 Å². The molecule has 1 aliphatic heterocycles. The molecule has 2 atom stereocenters. The summed E-state index contributed by atoms with van der Waals surface area (Å²) in [5, 5.41) is 0. The van der Waals surface area contributed by atoms with E-state index < -0.39 is 0 Å². The lowest BCUT2D eigenvalue weighted by Gasteiger charge is -2.25. The normalized spacial score (nSPS) is 22.1. The molecule has 118 valence electrons. The number of ether oxygens (including phenoxy) is 1. The van der Waals surface area contributed by atoms with E-state index in [-0.39, 0.29) is 18.1 Å². The molecule has 4 heteroatoms. The predicted molar refractivity (Wildman–Crippen MR) is 82.6 cm³/mol. The van der Waals surface area contributed by atoms with Crippen LogP contribution in [0.3, 0.4) is 0 Å². The van der Waals surface area contributed by atoms with Crippen LogP contribution in [0.15, 0.2) is 0 Å². The van der Waals surface area contributed by atoms with Crippen molar-refractivity contribution in [2.45, 2.75) is 77.4 Å². The molecule has 0 aromatic heterocycles. The van der Waals surface area contributed by atoms with E-state index >= 15 is 0 Å². The van der Waals surface area contributed by atoms with Crippen molar-refractivity contribution in [3.8, 4) is 0 Å². The number of nitrogens with zero attached hydrogens (tertiary/aromatic N) is 1. The Morgan fingerprint density at radius 2 is 1.70 bits per heavy atom. The van der Waals surface area contributed by atoms with E-state index in [0.29, 0.717) is 6.54 Å². The van der Waals surface area contributed by atoms with Gasteiger partial charge in [-0.1, -0.05) is 39.5 Å². The Bertz CT molecular complexity index is 261. The van der Waals surface area contributed by atoms with Gasteiger partial charge in [-0.2, -0.15) is 0 Å². The highest BCUT2D eigenvalue weighted by Gasteiger charge is 2.32. The second-order valence-electron chi connectivity index (χ2n) is 5.80. The minimum Gasteiger partial charge on any atom is -0.364 e. The number of nitrogens with two attached hydrogens (primary N) is 1. The van der Waals surface area contributed by atoms with Crippen molar-refractivity contribution in [1.82, 2.24) is 4.90 Å². The third kappa shape index (κ3) is 5.80. The van der Waals surface area contributed by atoms with Crippen LogP contribution < -0.4 is 5.73 Å². The van der Waals surface area contributed by atoms with Gasteiger partial charge in [-0.25, -0.2) is 0 Å². The SMILES string of the molecule is CCCCCN(CCCCC)C(=O)C1CCC(CN)O1. The highest BCUT2D eigenvalue weighted by molar-refractivity contribution is 5.81. The summed E-state index contributed by atoms with van der Waals surface area (Å²) in [6.45, 7) is 6.66. The molecule has 0 radical (unpaired) electrons. The first-order valence-electron chi connectivity index (χ1n) is 8.37. The van der Waals surface area contributed by atoms with Gasteiger partial charge in [0.25, 0.3) is 5.91 Å².